The molecule has 0 radical (unpaired) electrons. The second-order valence-electron chi connectivity index (χ2n) is 3.85. The van der Waals surface area contributed by atoms with Gasteiger partial charge in [0, 0.05) is 18.4 Å². The molecule has 0 amide bonds. The highest BCUT2D eigenvalue weighted by Crippen LogP contribution is 2.17. The third-order valence-electron chi connectivity index (χ3n) is 2.66. The fourth-order valence-corrected chi connectivity index (χ4v) is 1.80. The molecule has 0 spiro atoms. The van der Waals surface area contributed by atoms with Crippen molar-refractivity contribution in [2.24, 2.45) is 0 Å². The van der Waals surface area contributed by atoms with Gasteiger partial charge in [0.2, 0.25) is 0 Å². The molecular weight excluding hydrogens is 228 g/mol. The number of rotatable bonds is 4. The molecule has 0 unspecified atom stereocenters. The molecule has 3 rings (SSSR count). The second kappa shape index (κ2) is 4.79. The van der Waals surface area contributed by atoms with E-state index in [0.29, 0.717) is 0 Å². The lowest BCUT2D eigenvalue weighted by Crippen LogP contribution is -2.08. The van der Waals surface area contributed by atoms with Crippen molar-refractivity contribution < 1.29 is 0 Å². The molecule has 0 aliphatic heterocycles. The molecule has 2 heterocycles. The molecular formula is C12H12N6. The van der Waals surface area contributed by atoms with Crippen LogP contribution in [0.1, 0.15) is 5.82 Å². The number of nitrogens with one attached hydrogen (secondary N) is 2. The van der Waals surface area contributed by atoms with Gasteiger partial charge in [-0.1, -0.05) is 12.1 Å². The number of para-hydroxylation sites is 1. The van der Waals surface area contributed by atoms with Gasteiger partial charge in [-0.15, -0.1) is 0 Å². The number of nitrogens with zero attached hydrogens (tertiary/aromatic N) is 4. The number of benzene rings is 1. The van der Waals surface area contributed by atoms with Crippen molar-refractivity contribution in [2.75, 3.05) is 11.9 Å². The first-order valence-electron chi connectivity index (χ1n) is 5.71. The number of H-pyrrole nitrogens is 1. The lowest BCUT2D eigenvalue weighted by Gasteiger charge is -2.06. The highest BCUT2D eigenvalue weighted by molar-refractivity contribution is 5.88. The van der Waals surface area contributed by atoms with Crippen LogP contribution in [0, 0.1) is 0 Å². The molecule has 0 saturated carbocycles. The monoisotopic (exact) mass is 240 g/mol. The largest absolute Gasteiger partial charge is 0.369 e. The third-order valence-corrected chi connectivity index (χ3v) is 2.66. The average molecular weight is 240 g/mol. The van der Waals surface area contributed by atoms with Crippen molar-refractivity contribution >= 4 is 16.7 Å². The quantitative estimate of drug-likeness (QED) is 0.720. The number of hydrogen-bond acceptors (Lipinski definition) is 5. The lowest BCUT2D eigenvalue weighted by molar-refractivity contribution is 0.897. The smallest absolute Gasteiger partial charge is 0.137 e. The van der Waals surface area contributed by atoms with Crippen molar-refractivity contribution in [3.8, 4) is 0 Å². The van der Waals surface area contributed by atoms with Crippen LogP contribution in [-0.2, 0) is 6.42 Å². The predicted octanol–water partition coefficient (Wildman–Crippen LogP) is 1.40. The fourth-order valence-electron chi connectivity index (χ4n) is 1.80. The minimum atomic E-state index is 0.746. The number of anilines is 1. The summed E-state index contributed by atoms with van der Waals surface area (Å²) in [6.07, 6.45) is 3.85. The maximum absolute atomic E-state index is 4.26. The summed E-state index contributed by atoms with van der Waals surface area (Å²) in [7, 11) is 0. The van der Waals surface area contributed by atoms with E-state index in [0.717, 1.165) is 35.5 Å². The van der Waals surface area contributed by atoms with Crippen LogP contribution in [0.25, 0.3) is 10.9 Å². The zero-order chi connectivity index (χ0) is 12.2. The molecule has 0 fully saturated rings. The average Bonchev–Trinajstić information content (AvgIpc) is 2.92. The summed E-state index contributed by atoms with van der Waals surface area (Å²) in [5.41, 5.74) is 0.940. The Morgan fingerprint density at radius 2 is 2.00 bits per heavy atom. The highest BCUT2D eigenvalue weighted by Gasteiger charge is 2.02. The number of fused-ring (bicyclic) bond motifs is 1. The van der Waals surface area contributed by atoms with Gasteiger partial charge >= 0.3 is 0 Å². The van der Waals surface area contributed by atoms with Crippen molar-refractivity contribution in [3.05, 3.63) is 42.7 Å². The Bertz CT molecular complexity index is 629. The van der Waals surface area contributed by atoms with Crippen LogP contribution < -0.4 is 5.32 Å². The van der Waals surface area contributed by atoms with E-state index >= 15 is 0 Å². The van der Waals surface area contributed by atoms with E-state index in [4.69, 9.17) is 0 Å². The first kappa shape index (κ1) is 10.6. The zero-order valence-corrected chi connectivity index (χ0v) is 9.67. The van der Waals surface area contributed by atoms with E-state index in [1.807, 2.05) is 24.3 Å². The summed E-state index contributed by atoms with van der Waals surface area (Å²) >= 11 is 0. The SMILES string of the molecule is c1ccc2c(NCCc3ncn[nH]3)ncnc2c1. The van der Waals surface area contributed by atoms with Gasteiger partial charge in [0.25, 0.3) is 0 Å². The summed E-state index contributed by atoms with van der Waals surface area (Å²) in [5.74, 6) is 1.71. The van der Waals surface area contributed by atoms with E-state index < -0.39 is 0 Å². The van der Waals surface area contributed by atoms with Crippen molar-refractivity contribution in [3.63, 3.8) is 0 Å². The molecule has 0 atom stereocenters. The molecule has 2 aromatic heterocycles. The molecule has 3 aromatic rings. The van der Waals surface area contributed by atoms with Gasteiger partial charge in [0.1, 0.15) is 24.3 Å². The number of aromatic amines is 1. The van der Waals surface area contributed by atoms with Crippen LogP contribution >= 0.6 is 0 Å². The van der Waals surface area contributed by atoms with Crippen LogP contribution in [0.2, 0.25) is 0 Å². The van der Waals surface area contributed by atoms with Gasteiger partial charge in [-0.25, -0.2) is 15.0 Å². The van der Waals surface area contributed by atoms with E-state index in [9.17, 15) is 0 Å². The molecule has 0 aliphatic rings. The molecule has 6 heteroatoms. The number of aromatic nitrogens is 5. The Kier molecular flexibility index (Phi) is 2.83. The minimum Gasteiger partial charge on any atom is -0.369 e. The Labute approximate surface area is 104 Å². The summed E-state index contributed by atoms with van der Waals surface area (Å²) in [6, 6.07) is 7.92. The summed E-state index contributed by atoms with van der Waals surface area (Å²) in [5, 5.41) is 10.9. The topological polar surface area (TPSA) is 79.4 Å². The molecule has 90 valence electrons. The first-order chi connectivity index (χ1) is 8.93. The van der Waals surface area contributed by atoms with E-state index in [1.165, 1.54) is 6.33 Å². The Hall–Kier alpha value is -2.50. The number of hydrogen-bond donors (Lipinski definition) is 2. The van der Waals surface area contributed by atoms with Crippen LogP contribution in [0.4, 0.5) is 5.82 Å². The van der Waals surface area contributed by atoms with E-state index in [1.54, 1.807) is 6.33 Å². The Morgan fingerprint density at radius 3 is 2.89 bits per heavy atom. The van der Waals surface area contributed by atoms with Crippen molar-refractivity contribution in [2.45, 2.75) is 6.42 Å². The van der Waals surface area contributed by atoms with Gasteiger partial charge in [-0.3, -0.25) is 5.10 Å². The molecule has 18 heavy (non-hydrogen) atoms. The van der Waals surface area contributed by atoms with Crippen LogP contribution in [-0.4, -0.2) is 31.7 Å². The van der Waals surface area contributed by atoms with Crippen LogP contribution in [0.3, 0.4) is 0 Å². The maximum Gasteiger partial charge on any atom is 0.137 e. The van der Waals surface area contributed by atoms with E-state index in [-0.39, 0.29) is 0 Å². The summed E-state index contributed by atoms with van der Waals surface area (Å²) < 4.78 is 0. The third kappa shape index (κ3) is 2.13. The Balaban J connectivity index is 1.74. The zero-order valence-electron chi connectivity index (χ0n) is 9.67. The normalized spacial score (nSPS) is 10.7. The maximum atomic E-state index is 4.26. The summed E-state index contributed by atoms with van der Waals surface area (Å²) in [6.45, 7) is 0.746. The highest BCUT2D eigenvalue weighted by atomic mass is 15.2. The minimum absolute atomic E-state index is 0.746. The first-order valence-corrected chi connectivity index (χ1v) is 5.71. The summed E-state index contributed by atoms with van der Waals surface area (Å²) in [4.78, 5) is 12.5. The van der Waals surface area contributed by atoms with Gasteiger partial charge in [-0.2, -0.15) is 5.10 Å². The van der Waals surface area contributed by atoms with Gasteiger partial charge < -0.3 is 5.32 Å². The molecule has 2 N–H and O–H groups in total. The van der Waals surface area contributed by atoms with Crippen LogP contribution in [0.5, 0.6) is 0 Å². The van der Waals surface area contributed by atoms with Gasteiger partial charge in [0.15, 0.2) is 0 Å². The van der Waals surface area contributed by atoms with Crippen molar-refractivity contribution in [1.82, 2.24) is 25.1 Å². The van der Waals surface area contributed by atoms with Gasteiger partial charge in [-0.05, 0) is 12.1 Å². The second-order valence-corrected chi connectivity index (χ2v) is 3.85. The Morgan fingerprint density at radius 1 is 1.06 bits per heavy atom. The van der Waals surface area contributed by atoms with E-state index in [2.05, 4.69) is 30.5 Å². The standard InChI is InChI=1S/C12H12N6/c1-2-4-10-9(3-1)12(16-7-14-10)13-6-5-11-15-8-17-18-11/h1-4,7-8H,5-6H2,(H,13,14,16)(H,15,17,18). The fraction of sp³-hybridized carbons (Fsp3) is 0.167. The van der Waals surface area contributed by atoms with Gasteiger partial charge in [0.05, 0.1) is 5.52 Å². The molecule has 6 nitrogen and oxygen atoms in total. The lowest BCUT2D eigenvalue weighted by atomic mass is 10.2. The van der Waals surface area contributed by atoms with Crippen LogP contribution in [0.15, 0.2) is 36.9 Å². The molecule has 0 bridgehead atoms. The molecule has 0 aliphatic carbocycles. The molecule has 0 saturated heterocycles. The van der Waals surface area contributed by atoms with Crippen molar-refractivity contribution in [1.29, 1.82) is 0 Å². The molecule has 1 aromatic carbocycles. The predicted molar refractivity (Wildman–Crippen MR) is 68.1 cm³/mol.